The van der Waals surface area contributed by atoms with Crippen LogP contribution in [0.5, 0.6) is 0 Å². The van der Waals surface area contributed by atoms with Crippen molar-refractivity contribution in [2.24, 2.45) is 5.92 Å². The van der Waals surface area contributed by atoms with Crippen molar-refractivity contribution in [3.8, 4) is 11.3 Å². The molecule has 3 aromatic rings. The molecule has 2 aromatic carbocycles. The zero-order valence-electron chi connectivity index (χ0n) is 16.6. The summed E-state index contributed by atoms with van der Waals surface area (Å²) >= 11 is 0. The van der Waals surface area contributed by atoms with E-state index in [0.29, 0.717) is 17.3 Å². The lowest BCUT2D eigenvalue weighted by molar-refractivity contribution is -0.115. The van der Waals surface area contributed by atoms with E-state index in [1.165, 1.54) is 18.9 Å². The number of hydrogen-bond acceptors (Lipinski definition) is 3. The molecule has 4 nitrogen and oxygen atoms in total. The third kappa shape index (κ3) is 4.87. The van der Waals surface area contributed by atoms with Crippen LogP contribution in [0.2, 0.25) is 0 Å². The van der Waals surface area contributed by atoms with Crippen molar-refractivity contribution in [1.82, 2.24) is 9.97 Å². The average Bonchev–Trinajstić information content (AvgIpc) is 3.26. The first-order valence-electron chi connectivity index (χ1n) is 10.2. The lowest BCUT2D eigenvalue weighted by Gasteiger charge is -2.14. The van der Waals surface area contributed by atoms with Crippen LogP contribution in [-0.4, -0.2) is 15.9 Å². The van der Waals surface area contributed by atoms with Crippen LogP contribution in [0.25, 0.3) is 11.3 Å². The first-order valence-corrected chi connectivity index (χ1v) is 10.2. The van der Waals surface area contributed by atoms with E-state index >= 15 is 0 Å². The van der Waals surface area contributed by atoms with E-state index in [9.17, 15) is 13.6 Å². The first kappa shape index (κ1) is 20.1. The summed E-state index contributed by atoms with van der Waals surface area (Å²) in [7, 11) is 0. The van der Waals surface area contributed by atoms with Gasteiger partial charge in [-0.15, -0.1) is 0 Å². The van der Waals surface area contributed by atoms with Gasteiger partial charge in [-0.3, -0.25) is 4.79 Å². The molecule has 1 saturated carbocycles. The zero-order chi connectivity index (χ0) is 20.9. The maximum Gasteiger partial charge on any atom is 0.229 e. The number of carbonyl (C=O) groups excluding carboxylic acids is 1. The predicted molar refractivity (Wildman–Crippen MR) is 112 cm³/mol. The molecule has 0 saturated heterocycles. The maximum atomic E-state index is 13.4. The van der Waals surface area contributed by atoms with Crippen molar-refractivity contribution in [3.05, 3.63) is 77.6 Å². The summed E-state index contributed by atoms with van der Waals surface area (Å²) in [4.78, 5) is 21.8. The number of halogens is 2. The van der Waals surface area contributed by atoms with Gasteiger partial charge in [0.25, 0.3) is 0 Å². The quantitative estimate of drug-likeness (QED) is 0.600. The number of aromatic nitrogens is 2. The maximum absolute atomic E-state index is 13.4. The Balaban J connectivity index is 1.55. The second-order valence-corrected chi connectivity index (χ2v) is 7.74. The Labute approximate surface area is 174 Å². The Morgan fingerprint density at radius 1 is 1.03 bits per heavy atom. The van der Waals surface area contributed by atoms with Crippen LogP contribution in [0.3, 0.4) is 0 Å². The minimum Gasteiger partial charge on any atom is -0.309 e. The summed E-state index contributed by atoms with van der Waals surface area (Å²) in [6.45, 7) is 0. The number of hydrogen-bond donors (Lipinski definition) is 1. The number of carbonyl (C=O) groups is 1. The molecule has 0 bridgehead atoms. The molecule has 0 unspecified atom stereocenters. The fourth-order valence-corrected chi connectivity index (χ4v) is 3.92. The fourth-order valence-electron chi connectivity index (χ4n) is 3.92. The molecule has 4 rings (SSSR count). The Morgan fingerprint density at radius 3 is 2.53 bits per heavy atom. The van der Waals surface area contributed by atoms with E-state index < -0.39 is 11.6 Å². The summed E-state index contributed by atoms with van der Waals surface area (Å²) in [6, 6.07) is 13.3. The molecule has 1 aliphatic carbocycles. The molecule has 0 radical (unpaired) electrons. The van der Waals surface area contributed by atoms with Crippen molar-refractivity contribution < 1.29 is 13.6 Å². The van der Waals surface area contributed by atoms with Gasteiger partial charge in [0.1, 0.15) is 0 Å². The number of amides is 1. The van der Waals surface area contributed by atoms with Crippen molar-refractivity contribution in [1.29, 1.82) is 0 Å². The summed E-state index contributed by atoms with van der Waals surface area (Å²) in [5.74, 6) is -1.26. The Bertz CT molecular complexity index is 1030. The molecule has 1 N–H and O–H groups in total. The largest absolute Gasteiger partial charge is 0.309 e. The molecule has 30 heavy (non-hydrogen) atoms. The normalized spacial score (nSPS) is 14.1. The Hall–Kier alpha value is -3.15. The smallest absolute Gasteiger partial charge is 0.229 e. The molecule has 1 aromatic heterocycles. The van der Waals surface area contributed by atoms with Gasteiger partial charge in [-0.2, -0.15) is 0 Å². The number of nitrogens with one attached hydrogen (secondary N) is 1. The van der Waals surface area contributed by atoms with E-state index in [4.69, 9.17) is 4.98 Å². The highest BCUT2D eigenvalue weighted by Crippen LogP contribution is 2.30. The minimum absolute atomic E-state index is 0.0673. The highest BCUT2D eigenvalue weighted by atomic mass is 19.2. The van der Waals surface area contributed by atoms with E-state index in [1.54, 1.807) is 6.20 Å². The van der Waals surface area contributed by atoms with Gasteiger partial charge in [0, 0.05) is 5.56 Å². The van der Waals surface area contributed by atoms with Gasteiger partial charge in [0.05, 0.1) is 24.0 Å². The van der Waals surface area contributed by atoms with Crippen LogP contribution in [0.4, 0.5) is 14.6 Å². The number of rotatable bonds is 6. The number of anilines is 1. The van der Waals surface area contributed by atoms with Gasteiger partial charge >= 0.3 is 0 Å². The van der Waals surface area contributed by atoms with E-state index in [0.717, 1.165) is 48.3 Å². The molecular weight excluding hydrogens is 384 g/mol. The van der Waals surface area contributed by atoms with Crippen molar-refractivity contribution in [3.63, 3.8) is 0 Å². The third-order valence-corrected chi connectivity index (χ3v) is 5.48. The molecule has 0 aliphatic heterocycles. The van der Waals surface area contributed by atoms with Gasteiger partial charge in [-0.1, -0.05) is 62.1 Å². The van der Waals surface area contributed by atoms with E-state index in [2.05, 4.69) is 10.3 Å². The Kier molecular flexibility index (Phi) is 6.12. The average molecular weight is 407 g/mol. The van der Waals surface area contributed by atoms with Gasteiger partial charge in [0.15, 0.2) is 17.5 Å². The first-order chi connectivity index (χ1) is 14.6. The minimum atomic E-state index is -0.964. The van der Waals surface area contributed by atoms with Gasteiger partial charge in [0.2, 0.25) is 5.91 Å². The standard InChI is InChI=1S/C24H23F2N3O/c25-19-11-10-17(12-20(19)26)14-23(30)29-24-21(13-16-6-4-5-7-16)28-22(15-27-24)18-8-2-1-3-9-18/h1-3,8-12,15-16H,4-7,13-14H2,(H,27,29,30). The van der Waals surface area contributed by atoms with Gasteiger partial charge < -0.3 is 5.32 Å². The summed E-state index contributed by atoms with van der Waals surface area (Å²) in [5.41, 5.74) is 2.90. The van der Waals surface area contributed by atoms with Gasteiger partial charge in [-0.05, 0) is 30.0 Å². The second kappa shape index (κ2) is 9.11. The summed E-state index contributed by atoms with van der Waals surface area (Å²) in [5, 5.41) is 2.82. The van der Waals surface area contributed by atoms with Crippen LogP contribution in [0.1, 0.15) is 36.9 Å². The van der Waals surface area contributed by atoms with E-state index in [-0.39, 0.29) is 12.3 Å². The highest BCUT2D eigenvalue weighted by molar-refractivity contribution is 5.92. The molecular formula is C24H23F2N3O. The van der Waals surface area contributed by atoms with Crippen LogP contribution < -0.4 is 5.32 Å². The van der Waals surface area contributed by atoms with Crippen molar-refractivity contribution in [2.75, 3.05) is 5.32 Å². The molecule has 1 fully saturated rings. The molecule has 154 valence electrons. The van der Waals surface area contributed by atoms with Crippen LogP contribution in [0.15, 0.2) is 54.7 Å². The van der Waals surface area contributed by atoms with Crippen molar-refractivity contribution >= 4 is 11.7 Å². The SMILES string of the molecule is O=C(Cc1ccc(F)c(F)c1)Nc1ncc(-c2ccccc2)nc1CC1CCCC1. The van der Waals surface area contributed by atoms with Crippen molar-refractivity contribution in [2.45, 2.75) is 38.5 Å². The monoisotopic (exact) mass is 407 g/mol. The van der Waals surface area contributed by atoms with E-state index in [1.807, 2.05) is 30.3 Å². The number of nitrogens with zero attached hydrogens (tertiary/aromatic N) is 2. The lowest BCUT2D eigenvalue weighted by Crippen LogP contribution is -2.18. The van der Waals surface area contributed by atoms with Gasteiger partial charge in [-0.25, -0.2) is 18.7 Å². The zero-order valence-corrected chi connectivity index (χ0v) is 16.6. The molecule has 1 heterocycles. The molecule has 6 heteroatoms. The second-order valence-electron chi connectivity index (χ2n) is 7.74. The Morgan fingerprint density at radius 2 is 1.80 bits per heavy atom. The highest BCUT2D eigenvalue weighted by Gasteiger charge is 2.20. The molecule has 0 spiro atoms. The molecule has 1 amide bonds. The van der Waals surface area contributed by atoms with Crippen LogP contribution in [0, 0.1) is 17.6 Å². The summed E-state index contributed by atoms with van der Waals surface area (Å²) < 4.78 is 26.5. The topological polar surface area (TPSA) is 54.9 Å². The molecule has 0 atom stereocenters. The fraction of sp³-hybridized carbons (Fsp3) is 0.292. The van der Waals surface area contributed by atoms with Crippen LogP contribution >= 0.6 is 0 Å². The summed E-state index contributed by atoms with van der Waals surface area (Å²) in [6.07, 6.45) is 7.08. The van der Waals surface area contributed by atoms with Crippen LogP contribution in [-0.2, 0) is 17.6 Å². The predicted octanol–water partition coefficient (Wildman–Crippen LogP) is 5.34. The lowest BCUT2D eigenvalue weighted by atomic mass is 10.0. The third-order valence-electron chi connectivity index (χ3n) is 5.48. The number of benzene rings is 2. The molecule has 1 aliphatic rings.